The lowest BCUT2D eigenvalue weighted by Gasteiger charge is -2.14. The van der Waals surface area contributed by atoms with Crippen molar-refractivity contribution in [2.45, 2.75) is 25.0 Å². The first-order chi connectivity index (χ1) is 12.0. The second-order valence-corrected chi connectivity index (χ2v) is 6.89. The molecule has 1 aromatic carbocycles. The number of aliphatic imine (C=N–C) groups is 1. The van der Waals surface area contributed by atoms with Gasteiger partial charge in [-0.1, -0.05) is 0 Å². The van der Waals surface area contributed by atoms with Gasteiger partial charge in [-0.15, -0.1) is 0 Å². The fourth-order valence-corrected chi connectivity index (χ4v) is 3.52. The van der Waals surface area contributed by atoms with Crippen molar-refractivity contribution in [3.63, 3.8) is 0 Å². The molecule has 0 aliphatic carbocycles. The zero-order valence-corrected chi connectivity index (χ0v) is 14.7. The van der Waals surface area contributed by atoms with Crippen molar-refractivity contribution in [2.24, 2.45) is 4.99 Å². The molecule has 1 aliphatic heterocycles. The first-order valence-corrected chi connectivity index (χ1v) is 9.13. The van der Waals surface area contributed by atoms with Crippen LogP contribution in [-0.4, -0.2) is 42.5 Å². The zero-order chi connectivity index (χ0) is 18.2. The van der Waals surface area contributed by atoms with E-state index in [0.717, 1.165) is 30.9 Å². The topological polar surface area (TPSA) is 65.5 Å². The molecule has 0 saturated carbocycles. The van der Waals surface area contributed by atoms with Gasteiger partial charge in [-0.2, -0.15) is 11.8 Å². The Hall–Kier alpha value is -1.90. The fourth-order valence-electron chi connectivity index (χ4n) is 2.32. The predicted octanol–water partition coefficient (Wildman–Crippen LogP) is 2.49. The summed E-state index contributed by atoms with van der Waals surface area (Å²) >= 11 is 1.90. The highest BCUT2D eigenvalue weighted by molar-refractivity contribution is 8.00. The third kappa shape index (κ3) is 5.84. The number of benzene rings is 1. The summed E-state index contributed by atoms with van der Waals surface area (Å²) in [5.41, 5.74) is -0.417. The summed E-state index contributed by atoms with van der Waals surface area (Å²) < 4.78 is 39.6. The van der Waals surface area contributed by atoms with Gasteiger partial charge >= 0.3 is 0 Å². The smallest absolute Gasteiger partial charge is 0.246 e. The molecule has 138 valence electrons. The molecule has 1 amide bonds. The Kier molecular flexibility index (Phi) is 7.42. The molecule has 2 rings (SSSR count). The minimum absolute atomic E-state index is 0.272. The van der Waals surface area contributed by atoms with Gasteiger partial charge in [0.25, 0.3) is 0 Å². The minimum Gasteiger partial charge on any atom is -0.357 e. The highest BCUT2D eigenvalue weighted by Crippen LogP contribution is 2.25. The Morgan fingerprint density at radius 2 is 2.08 bits per heavy atom. The van der Waals surface area contributed by atoms with E-state index in [1.165, 1.54) is 6.42 Å². The maximum atomic E-state index is 13.5. The number of hydrogen-bond acceptors (Lipinski definition) is 3. The molecule has 9 heteroatoms. The number of rotatable bonds is 6. The highest BCUT2D eigenvalue weighted by atomic mass is 32.2. The van der Waals surface area contributed by atoms with Crippen molar-refractivity contribution in [2.75, 3.05) is 30.7 Å². The number of nitrogens with zero attached hydrogens (tertiary/aromatic N) is 1. The van der Waals surface area contributed by atoms with Crippen LogP contribution in [0.1, 0.15) is 19.8 Å². The van der Waals surface area contributed by atoms with E-state index in [1.54, 1.807) is 0 Å². The van der Waals surface area contributed by atoms with Gasteiger partial charge < -0.3 is 16.0 Å². The maximum absolute atomic E-state index is 13.5. The van der Waals surface area contributed by atoms with E-state index in [4.69, 9.17) is 0 Å². The SMILES string of the molecule is CCNC(=NCC(=O)Nc1ccc(F)c(F)c1F)NCC1CCCS1. The van der Waals surface area contributed by atoms with Crippen LogP contribution in [0.2, 0.25) is 0 Å². The summed E-state index contributed by atoms with van der Waals surface area (Å²) in [7, 11) is 0. The molecule has 1 heterocycles. The molecular formula is C16H21F3N4OS. The summed E-state index contributed by atoms with van der Waals surface area (Å²) in [5.74, 6) is -3.35. The van der Waals surface area contributed by atoms with E-state index in [0.29, 0.717) is 17.8 Å². The van der Waals surface area contributed by atoms with Crippen molar-refractivity contribution in [3.05, 3.63) is 29.6 Å². The van der Waals surface area contributed by atoms with Crippen LogP contribution in [-0.2, 0) is 4.79 Å². The van der Waals surface area contributed by atoms with Crippen LogP contribution < -0.4 is 16.0 Å². The van der Waals surface area contributed by atoms with Gasteiger partial charge in [-0.05, 0) is 37.7 Å². The largest absolute Gasteiger partial charge is 0.357 e. The predicted molar refractivity (Wildman–Crippen MR) is 94.4 cm³/mol. The quantitative estimate of drug-likeness (QED) is 0.407. The fraction of sp³-hybridized carbons (Fsp3) is 0.500. The molecule has 1 unspecified atom stereocenters. The Balaban J connectivity index is 1.90. The van der Waals surface area contributed by atoms with Gasteiger partial charge in [-0.3, -0.25) is 4.79 Å². The number of halogens is 3. The van der Waals surface area contributed by atoms with E-state index < -0.39 is 29.0 Å². The van der Waals surface area contributed by atoms with E-state index in [-0.39, 0.29) is 6.54 Å². The average molecular weight is 374 g/mol. The molecule has 1 saturated heterocycles. The Bertz CT molecular complexity index is 636. The van der Waals surface area contributed by atoms with Crippen molar-refractivity contribution in [1.82, 2.24) is 10.6 Å². The molecule has 1 aromatic rings. The molecule has 1 atom stereocenters. The third-order valence-corrected chi connectivity index (χ3v) is 4.95. The number of hydrogen-bond donors (Lipinski definition) is 3. The van der Waals surface area contributed by atoms with Crippen LogP contribution in [0.3, 0.4) is 0 Å². The average Bonchev–Trinajstić information content (AvgIpc) is 3.11. The van der Waals surface area contributed by atoms with Crippen LogP contribution in [0, 0.1) is 17.5 Å². The molecule has 0 radical (unpaired) electrons. The normalized spacial score (nSPS) is 17.4. The van der Waals surface area contributed by atoms with Gasteiger partial charge in [0.15, 0.2) is 23.4 Å². The summed E-state index contributed by atoms with van der Waals surface area (Å²) in [6.07, 6.45) is 2.35. The van der Waals surface area contributed by atoms with Crippen LogP contribution in [0.4, 0.5) is 18.9 Å². The molecule has 0 bridgehead atoms. The van der Waals surface area contributed by atoms with Crippen molar-refractivity contribution < 1.29 is 18.0 Å². The van der Waals surface area contributed by atoms with Crippen LogP contribution in [0.15, 0.2) is 17.1 Å². The monoisotopic (exact) mass is 374 g/mol. The molecule has 1 aliphatic rings. The van der Waals surface area contributed by atoms with Gasteiger partial charge in [0.1, 0.15) is 6.54 Å². The summed E-state index contributed by atoms with van der Waals surface area (Å²) in [5, 5.41) is 8.89. The highest BCUT2D eigenvalue weighted by Gasteiger charge is 2.17. The van der Waals surface area contributed by atoms with E-state index in [9.17, 15) is 18.0 Å². The van der Waals surface area contributed by atoms with Crippen molar-refractivity contribution in [3.8, 4) is 0 Å². The lowest BCUT2D eigenvalue weighted by Crippen LogP contribution is -2.40. The molecule has 0 spiro atoms. The number of carbonyl (C=O) groups is 1. The maximum Gasteiger partial charge on any atom is 0.246 e. The summed E-state index contributed by atoms with van der Waals surface area (Å²) in [6, 6.07) is 1.72. The lowest BCUT2D eigenvalue weighted by atomic mass is 10.2. The molecule has 3 N–H and O–H groups in total. The number of anilines is 1. The van der Waals surface area contributed by atoms with Crippen LogP contribution in [0.5, 0.6) is 0 Å². The van der Waals surface area contributed by atoms with E-state index in [2.05, 4.69) is 20.9 Å². The second kappa shape index (κ2) is 9.55. The van der Waals surface area contributed by atoms with Gasteiger partial charge in [0.05, 0.1) is 5.69 Å². The van der Waals surface area contributed by atoms with Gasteiger partial charge in [0.2, 0.25) is 5.91 Å². The number of nitrogens with one attached hydrogen (secondary N) is 3. The van der Waals surface area contributed by atoms with Crippen LogP contribution >= 0.6 is 11.8 Å². The lowest BCUT2D eigenvalue weighted by molar-refractivity contribution is -0.114. The van der Waals surface area contributed by atoms with E-state index >= 15 is 0 Å². The standard InChI is InChI=1S/C16H21F3N4OS/c1-2-20-16(21-8-10-4-3-7-25-10)22-9-13(24)23-12-6-5-11(17)14(18)15(12)19/h5-6,10H,2-4,7-9H2,1H3,(H,23,24)(H2,20,21,22). The van der Waals surface area contributed by atoms with E-state index in [1.807, 2.05) is 18.7 Å². The molecule has 5 nitrogen and oxygen atoms in total. The van der Waals surface area contributed by atoms with Crippen molar-refractivity contribution in [1.29, 1.82) is 0 Å². The third-order valence-electron chi connectivity index (χ3n) is 3.56. The first kappa shape index (κ1) is 19.4. The van der Waals surface area contributed by atoms with Gasteiger partial charge in [0, 0.05) is 18.3 Å². The summed E-state index contributed by atoms with van der Waals surface area (Å²) in [6.45, 7) is 3.00. The Labute approximate surface area is 148 Å². The number of amides is 1. The first-order valence-electron chi connectivity index (χ1n) is 8.08. The Morgan fingerprint density at radius 1 is 1.28 bits per heavy atom. The van der Waals surface area contributed by atoms with Gasteiger partial charge in [-0.25, -0.2) is 18.2 Å². The minimum atomic E-state index is -1.62. The molecule has 1 fully saturated rings. The van der Waals surface area contributed by atoms with Crippen LogP contribution in [0.25, 0.3) is 0 Å². The number of guanidine groups is 1. The molecule has 0 aromatic heterocycles. The van der Waals surface area contributed by atoms with Crippen molar-refractivity contribution >= 4 is 29.3 Å². The number of thioether (sulfide) groups is 1. The summed E-state index contributed by atoms with van der Waals surface area (Å²) in [4.78, 5) is 16.0. The zero-order valence-electron chi connectivity index (χ0n) is 13.9. The second-order valence-electron chi connectivity index (χ2n) is 5.48. The molecule has 25 heavy (non-hydrogen) atoms. The Morgan fingerprint density at radius 3 is 2.76 bits per heavy atom. The number of carbonyl (C=O) groups excluding carboxylic acids is 1. The molecular weight excluding hydrogens is 353 g/mol.